The van der Waals surface area contributed by atoms with Crippen LogP contribution in [-0.2, 0) is 26.9 Å². The van der Waals surface area contributed by atoms with Crippen LogP contribution in [0.2, 0.25) is 0 Å². The third-order valence-electron chi connectivity index (χ3n) is 3.17. The summed E-state index contributed by atoms with van der Waals surface area (Å²) in [6, 6.07) is 5.59. The van der Waals surface area contributed by atoms with E-state index in [-0.39, 0.29) is 18.1 Å². The molecule has 0 aliphatic rings. The number of rotatable bonds is 3. The molecule has 0 atom stereocenters. The number of aromatic nitrogens is 2. The molecular formula is C14H13F3N2O3. The summed E-state index contributed by atoms with van der Waals surface area (Å²) in [7, 11) is 2.79. The van der Waals surface area contributed by atoms with E-state index in [1.54, 1.807) is 0 Å². The Bertz CT molecular complexity index is 806. The molecule has 2 rings (SSSR count). The molecule has 0 unspecified atom stereocenters. The van der Waals surface area contributed by atoms with Crippen LogP contribution in [0.1, 0.15) is 11.3 Å². The summed E-state index contributed by atoms with van der Waals surface area (Å²) in [5, 5.41) is 0. The minimum atomic E-state index is -4.46. The number of halogens is 3. The van der Waals surface area contributed by atoms with Gasteiger partial charge in [-0.25, -0.2) is 4.79 Å². The molecule has 0 radical (unpaired) electrons. The van der Waals surface area contributed by atoms with E-state index in [4.69, 9.17) is 4.74 Å². The zero-order valence-electron chi connectivity index (χ0n) is 11.8. The summed E-state index contributed by atoms with van der Waals surface area (Å²) in [6.07, 6.45) is -4.46. The smallest absolute Gasteiger partial charge is 0.416 e. The van der Waals surface area contributed by atoms with Crippen LogP contribution in [0.25, 0.3) is 0 Å². The van der Waals surface area contributed by atoms with Crippen molar-refractivity contribution in [3.63, 3.8) is 0 Å². The molecule has 0 saturated heterocycles. The molecule has 8 heteroatoms. The third-order valence-corrected chi connectivity index (χ3v) is 3.17. The van der Waals surface area contributed by atoms with E-state index in [0.717, 1.165) is 16.7 Å². The summed E-state index contributed by atoms with van der Waals surface area (Å²) in [5.41, 5.74) is -1.60. The van der Waals surface area contributed by atoms with Crippen molar-refractivity contribution in [2.24, 2.45) is 14.1 Å². The third kappa shape index (κ3) is 3.21. The molecule has 0 spiro atoms. The zero-order chi connectivity index (χ0) is 16.5. The van der Waals surface area contributed by atoms with Gasteiger partial charge in [0.25, 0.3) is 5.56 Å². The van der Waals surface area contributed by atoms with Crippen molar-refractivity contribution in [1.29, 1.82) is 0 Å². The number of hydrogen-bond acceptors (Lipinski definition) is 3. The predicted molar refractivity (Wildman–Crippen MR) is 72.7 cm³/mol. The number of benzene rings is 1. The molecular weight excluding hydrogens is 301 g/mol. The minimum absolute atomic E-state index is 0.00273. The molecule has 0 amide bonds. The molecule has 118 valence electrons. The number of hydrogen-bond donors (Lipinski definition) is 0. The Balaban J connectivity index is 2.25. The fourth-order valence-electron chi connectivity index (χ4n) is 1.84. The molecule has 1 aromatic heterocycles. The summed E-state index contributed by atoms with van der Waals surface area (Å²) in [6.45, 7) is -0.191. The Hall–Kier alpha value is -2.51. The van der Waals surface area contributed by atoms with Crippen molar-refractivity contribution in [2.45, 2.75) is 12.8 Å². The Kier molecular flexibility index (Phi) is 4.11. The van der Waals surface area contributed by atoms with E-state index in [0.29, 0.717) is 0 Å². The predicted octanol–water partition coefficient (Wildman–Crippen LogP) is 1.68. The van der Waals surface area contributed by atoms with E-state index >= 15 is 0 Å². The monoisotopic (exact) mass is 314 g/mol. The van der Waals surface area contributed by atoms with Crippen LogP contribution in [0.15, 0.2) is 39.9 Å². The minimum Gasteiger partial charge on any atom is -0.487 e. The summed E-state index contributed by atoms with van der Waals surface area (Å²) in [5.74, 6) is 0.00273. The maximum absolute atomic E-state index is 12.6. The Morgan fingerprint density at radius 1 is 1.09 bits per heavy atom. The van der Waals surface area contributed by atoms with Gasteiger partial charge in [0.05, 0.1) is 11.3 Å². The van der Waals surface area contributed by atoms with E-state index in [9.17, 15) is 22.8 Å². The van der Waals surface area contributed by atoms with E-state index in [2.05, 4.69) is 0 Å². The lowest BCUT2D eigenvalue weighted by atomic mass is 10.2. The van der Waals surface area contributed by atoms with Crippen LogP contribution in [0.3, 0.4) is 0 Å². The van der Waals surface area contributed by atoms with Gasteiger partial charge >= 0.3 is 11.9 Å². The largest absolute Gasteiger partial charge is 0.487 e. The summed E-state index contributed by atoms with van der Waals surface area (Å²) < 4.78 is 45.2. The van der Waals surface area contributed by atoms with Gasteiger partial charge in [-0.15, -0.1) is 0 Å². The summed E-state index contributed by atoms with van der Waals surface area (Å²) in [4.78, 5) is 23.3. The molecule has 0 saturated carbocycles. The van der Waals surface area contributed by atoms with E-state index in [1.165, 1.54) is 36.9 Å². The fourth-order valence-corrected chi connectivity index (χ4v) is 1.84. The van der Waals surface area contributed by atoms with Crippen LogP contribution in [0.5, 0.6) is 5.75 Å². The zero-order valence-corrected chi connectivity index (χ0v) is 11.8. The standard InChI is InChI=1S/C14H13F3N2O3/c1-18-10(7-12(20)19(2)13(18)21)8-22-11-5-3-4-9(6-11)14(15,16)17/h3-7H,8H2,1-2H3. The second-order valence-electron chi connectivity index (χ2n) is 4.69. The second-order valence-corrected chi connectivity index (χ2v) is 4.69. The van der Waals surface area contributed by atoms with Crippen LogP contribution < -0.4 is 16.0 Å². The molecule has 0 bridgehead atoms. The second kappa shape index (κ2) is 5.70. The van der Waals surface area contributed by atoms with Gasteiger partial charge in [-0.05, 0) is 18.2 Å². The maximum Gasteiger partial charge on any atom is 0.416 e. The first-order valence-electron chi connectivity index (χ1n) is 6.26. The Morgan fingerprint density at radius 2 is 1.77 bits per heavy atom. The molecule has 5 nitrogen and oxygen atoms in total. The lowest BCUT2D eigenvalue weighted by Crippen LogP contribution is -2.38. The lowest BCUT2D eigenvalue weighted by Gasteiger charge is -2.12. The first-order chi connectivity index (χ1) is 10.2. The number of ether oxygens (including phenoxy) is 1. The highest BCUT2D eigenvalue weighted by Crippen LogP contribution is 2.31. The van der Waals surface area contributed by atoms with Crippen molar-refractivity contribution < 1.29 is 17.9 Å². The molecule has 0 fully saturated rings. The van der Waals surface area contributed by atoms with Crippen molar-refractivity contribution in [3.05, 3.63) is 62.4 Å². The van der Waals surface area contributed by atoms with Gasteiger partial charge in [-0.1, -0.05) is 6.07 Å². The SMILES string of the molecule is Cn1c(COc2cccc(C(F)(F)F)c2)cc(=O)n(C)c1=O. The molecule has 0 aliphatic heterocycles. The highest BCUT2D eigenvalue weighted by atomic mass is 19.4. The lowest BCUT2D eigenvalue weighted by molar-refractivity contribution is -0.137. The van der Waals surface area contributed by atoms with Gasteiger partial charge in [0.15, 0.2) is 0 Å². The van der Waals surface area contributed by atoms with Crippen LogP contribution in [-0.4, -0.2) is 9.13 Å². The van der Waals surface area contributed by atoms with Crippen LogP contribution in [0, 0.1) is 0 Å². The van der Waals surface area contributed by atoms with Crippen molar-refractivity contribution >= 4 is 0 Å². The van der Waals surface area contributed by atoms with Gasteiger partial charge in [0.2, 0.25) is 0 Å². The molecule has 0 aliphatic carbocycles. The van der Waals surface area contributed by atoms with Crippen LogP contribution >= 0.6 is 0 Å². The molecule has 2 aromatic rings. The first kappa shape index (κ1) is 15.9. The van der Waals surface area contributed by atoms with Crippen molar-refractivity contribution in [3.8, 4) is 5.75 Å². The highest BCUT2D eigenvalue weighted by Gasteiger charge is 2.30. The van der Waals surface area contributed by atoms with Gasteiger partial charge in [-0.2, -0.15) is 13.2 Å². The Labute approximate surface area is 123 Å². The highest BCUT2D eigenvalue weighted by molar-refractivity contribution is 5.30. The van der Waals surface area contributed by atoms with Crippen LogP contribution in [0.4, 0.5) is 13.2 Å². The number of alkyl halides is 3. The van der Waals surface area contributed by atoms with Crippen molar-refractivity contribution in [1.82, 2.24) is 9.13 Å². The Morgan fingerprint density at radius 3 is 2.41 bits per heavy atom. The van der Waals surface area contributed by atoms with Crippen molar-refractivity contribution in [2.75, 3.05) is 0 Å². The average Bonchev–Trinajstić information content (AvgIpc) is 2.47. The molecule has 1 heterocycles. The molecule has 1 aromatic carbocycles. The maximum atomic E-state index is 12.6. The fraction of sp³-hybridized carbons (Fsp3) is 0.286. The summed E-state index contributed by atoms with van der Waals surface area (Å²) >= 11 is 0. The van der Waals surface area contributed by atoms with E-state index < -0.39 is 23.0 Å². The van der Waals surface area contributed by atoms with Gasteiger partial charge in [0.1, 0.15) is 12.4 Å². The van der Waals surface area contributed by atoms with Gasteiger partial charge in [-0.3, -0.25) is 13.9 Å². The van der Waals surface area contributed by atoms with E-state index in [1.807, 2.05) is 0 Å². The average molecular weight is 314 g/mol. The topological polar surface area (TPSA) is 53.2 Å². The van der Waals surface area contributed by atoms with Gasteiger partial charge < -0.3 is 4.74 Å². The first-order valence-corrected chi connectivity index (χ1v) is 6.26. The molecule has 22 heavy (non-hydrogen) atoms. The molecule has 0 N–H and O–H groups in total. The normalized spacial score (nSPS) is 11.5. The van der Waals surface area contributed by atoms with Gasteiger partial charge in [0, 0.05) is 20.2 Å². The number of nitrogens with zero attached hydrogens (tertiary/aromatic N) is 2. The quantitative estimate of drug-likeness (QED) is 0.866.